The second-order valence-electron chi connectivity index (χ2n) is 6.03. The number of nitrogens with two attached hydrogens (primary N) is 1. The normalized spacial score (nSPS) is 17.1. The van der Waals surface area contributed by atoms with E-state index in [1.807, 2.05) is 0 Å². The second kappa shape index (κ2) is 5.85. The molecule has 0 amide bonds. The molecule has 2 nitrogen and oxygen atoms in total. The van der Waals surface area contributed by atoms with Crippen molar-refractivity contribution in [2.24, 2.45) is 11.7 Å². The van der Waals surface area contributed by atoms with E-state index in [1.54, 1.807) is 0 Å². The standard InChI is InChI=1S/C16H25NO/c1-13(2)7-9-18-10-8-16(17)11-14-5-3-4-6-15(14)12-16/h3-6,13H,7-12,17H2,1-2H3. The summed E-state index contributed by atoms with van der Waals surface area (Å²) in [5, 5.41) is 0. The summed E-state index contributed by atoms with van der Waals surface area (Å²) in [6, 6.07) is 8.60. The average Bonchev–Trinajstić information content (AvgIpc) is 2.64. The van der Waals surface area contributed by atoms with Crippen LogP contribution in [0, 0.1) is 5.92 Å². The Morgan fingerprint density at radius 1 is 1.17 bits per heavy atom. The van der Waals surface area contributed by atoms with Gasteiger partial charge < -0.3 is 10.5 Å². The maximum Gasteiger partial charge on any atom is 0.0483 e. The molecule has 0 unspecified atom stereocenters. The van der Waals surface area contributed by atoms with E-state index in [9.17, 15) is 0 Å². The predicted molar refractivity (Wildman–Crippen MR) is 75.7 cm³/mol. The lowest BCUT2D eigenvalue weighted by Gasteiger charge is -2.23. The van der Waals surface area contributed by atoms with E-state index >= 15 is 0 Å². The number of fused-ring (bicyclic) bond motifs is 1. The highest BCUT2D eigenvalue weighted by Crippen LogP contribution is 2.30. The minimum Gasteiger partial charge on any atom is -0.381 e. The predicted octanol–water partition coefficient (Wildman–Crippen LogP) is 2.94. The molecule has 0 spiro atoms. The Morgan fingerprint density at radius 3 is 2.33 bits per heavy atom. The van der Waals surface area contributed by atoms with Gasteiger partial charge in [-0.05, 0) is 42.7 Å². The SMILES string of the molecule is CC(C)CCOCCC1(N)Cc2ccccc2C1. The molecule has 0 fully saturated rings. The maximum atomic E-state index is 6.47. The number of hydrogen-bond acceptors (Lipinski definition) is 2. The van der Waals surface area contributed by atoms with E-state index in [-0.39, 0.29) is 5.54 Å². The van der Waals surface area contributed by atoms with Gasteiger partial charge in [0.25, 0.3) is 0 Å². The van der Waals surface area contributed by atoms with Crippen molar-refractivity contribution in [2.75, 3.05) is 13.2 Å². The summed E-state index contributed by atoms with van der Waals surface area (Å²) in [4.78, 5) is 0. The first-order chi connectivity index (χ1) is 8.59. The molecule has 0 atom stereocenters. The van der Waals surface area contributed by atoms with Crippen LogP contribution in [0.2, 0.25) is 0 Å². The topological polar surface area (TPSA) is 35.2 Å². The van der Waals surface area contributed by atoms with Gasteiger partial charge in [0.1, 0.15) is 0 Å². The van der Waals surface area contributed by atoms with Gasteiger partial charge in [-0.15, -0.1) is 0 Å². The van der Waals surface area contributed by atoms with E-state index in [4.69, 9.17) is 10.5 Å². The molecule has 0 aliphatic heterocycles. The van der Waals surface area contributed by atoms with Crippen molar-refractivity contribution in [3.05, 3.63) is 35.4 Å². The molecule has 2 rings (SSSR count). The molecule has 0 bridgehead atoms. The fourth-order valence-electron chi connectivity index (χ4n) is 2.60. The highest BCUT2D eigenvalue weighted by Gasteiger charge is 2.32. The zero-order chi connectivity index (χ0) is 13.0. The summed E-state index contributed by atoms with van der Waals surface area (Å²) < 4.78 is 5.69. The number of benzene rings is 1. The molecule has 1 aromatic rings. The summed E-state index contributed by atoms with van der Waals surface area (Å²) in [7, 11) is 0. The average molecular weight is 247 g/mol. The van der Waals surface area contributed by atoms with Gasteiger partial charge in [0.15, 0.2) is 0 Å². The first-order valence-corrected chi connectivity index (χ1v) is 7.02. The molecule has 18 heavy (non-hydrogen) atoms. The van der Waals surface area contributed by atoms with Gasteiger partial charge in [-0.2, -0.15) is 0 Å². The molecule has 1 aromatic carbocycles. The smallest absolute Gasteiger partial charge is 0.0483 e. The molecule has 2 heteroatoms. The van der Waals surface area contributed by atoms with Gasteiger partial charge in [-0.1, -0.05) is 38.1 Å². The Balaban J connectivity index is 1.74. The molecule has 0 saturated carbocycles. The third-order valence-electron chi connectivity index (χ3n) is 3.79. The van der Waals surface area contributed by atoms with Gasteiger partial charge in [-0.3, -0.25) is 0 Å². The second-order valence-corrected chi connectivity index (χ2v) is 6.03. The lowest BCUT2D eigenvalue weighted by Crippen LogP contribution is -2.41. The van der Waals surface area contributed by atoms with E-state index < -0.39 is 0 Å². The number of rotatable bonds is 6. The lowest BCUT2D eigenvalue weighted by molar-refractivity contribution is 0.106. The van der Waals surface area contributed by atoms with Crippen LogP contribution in [0.25, 0.3) is 0 Å². The zero-order valence-corrected chi connectivity index (χ0v) is 11.6. The van der Waals surface area contributed by atoms with Crippen molar-refractivity contribution in [3.8, 4) is 0 Å². The third-order valence-corrected chi connectivity index (χ3v) is 3.79. The Labute approximate surface area is 111 Å². The van der Waals surface area contributed by atoms with Crippen LogP contribution in [0.1, 0.15) is 37.8 Å². The Kier molecular flexibility index (Phi) is 4.41. The van der Waals surface area contributed by atoms with Crippen molar-refractivity contribution < 1.29 is 4.74 Å². The van der Waals surface area contributed by atoms with Gasteiger partial charge in [0, 0.05) is 18.8 Å². The first-order valence-electron chi connectivity index (χ1n) is 7.02. The molecule has 100 valence electrons. The Bertz CT molecular complexity index is 361. The summed E-state index contributed by atoms with van der Waals surface area (Å²) in [6.45, 7) is 6.10. The van der Waals surface area contributed by atoms with Crippen LogP contribution >= 0.6 is 0 Å². The van der Waals surface area contributed by atoms with Gasteiger partial charge in [0.05, 0.1) is 0 Å². The zero-order valence-electron chi connectivity index (χ0n) is 11.6. The van der Waals surface area contributed by atoms with E-state index in [0.717, 1.165) is 38.9 Å². The van der Waals surface area contributed by atoms with Crippen molar-refractivity contribution in [2.45, 2.75) is 45.1 Å². The first kappa shape index (κ1) is 13.6. The number of ether oxygens (including phenoxy) is 1. The molecule has 2 N–H and O–H groups in total. The van der Waals surface area contributed by atoms with Crippen LogP contribution in [-0.4, -0.2) is 18.8 Å². The van der Waals surface area contributed by atoms with Crippen LogP contribution < -0.4 is 5.73 Å². The van der Waals surface area contributed by atoms with Crippen molar-refractivity contribution in [1.82, 2.24) is 0 Å². The minimum absolute atomic E-state index is 0.0818. The molecule has 0 aromatic heterocycles. The molecule has 0 saturated heterocycles. The van der Waals surface area contributed by atoms with Crippen LogP contribution in [0.3, 0.4) is 0 Å². The highest BCUT2D eigenvalue weighted by molar-refractivity contribution is 5.35. The fourth-order valence-corrected chi connectivity index (χ4v) is 2.60. The quantitative estimate of drug-likeness (QED) is 0.784. The van der Waals surface area contributed by atoms with E-state index in [1.165, 1.54) is 11.1 Å². The van der Waals surface area contributed by atoms with Crippen molar-refractivity contribution in [1.29, 1.82) is 0 Å². The summed E-state index contributed by atoms with van der Waals surface area (Å²) in [5.41, 5.74) is 9.23. The van der Waals surface area contributed by atoms with Crippen molar-refractivity contribution in [3.63, 3.8) is 0 Å². The van der Waals surface area contributed by atoms with Crippen LogP contribution in [0.15, 0.2) is 24.3 Å². The molecule has 0 heterocycles. The number of hydrogen-bond donors (Lipinski definition) is 1. The van der Waals surface area contributed by atoms with Gasteiger partial charge in [-0.25, -0.2) is 0 Å². The van der Waals surface area contributed by atoms with Gasteiger partial charge >= 0.3 is 0 Å². The molecular weight excluding hydrogens is 222 g/mol. The molecule has 0 radical (unpaired) electrons. The van der Waals surface area contributed by atoms with E-state index in [2.05, 4.69) is 38.1 Å². The lowest BCUT2D eigenvalue weighted by atomic mass is 9.93. The van der Waals surface area contributed by atoms with E-state index in [0.29, 0.717) is 5.92 Å². The van der Waals surface area contributed by atoms with Gasteiger partial charge in [0.2, 0.25) is 0 Å². The molecule has 1 aliphatic carbocycles. The monoisotopic (exact) mass is 247 g/mol. The summed E-state index contributed by atoms with van der Waals surface area (Å²) in [6.07, 6.45) is 4.09. The van der Waals surface area contributed by atoms with Crippen LogP contribution in [0.4, 0.5) is 0 Å². The summed E-state index contributed by atoms with van der Waals surface area (Å²) in [5.74, 6) is 0.715. The fraction of sp³-hybridized carbons (Fsp3) is 0.625. The third kappa shape index (κ3) is 3.56. The largest absolute Gasteiger partial charge is 0.381 e. The van der Waals surface area contributed by atoms with Crippen LogP contribution in [-0.2, 0) is 17.6 Å². The minimum atomic E-state index is -0.0818. The highest BCUT2D eigenvalue weighted by atomic mass is 16.5. The van der Waals surface area contributed by atoms with Crippen molar-refractivity contribution >= 4 is 0 Å². The summed E-state index contributed by atoms with van der Waals surface area (Å²) >= 11 is 0. The Hall–Kier alpha value is -0.860. The molecular formula is C16H25NO. The maximum absolute atomic E-state index is 6.47. The Morgan fingerprint density at radius 2 is 1.78 bits per heavy atom. The molecule has 1 aliphatic rings. The van der Waals surface area contributed by atoms with Crippen LogP contribution in [0.5, 0.6) is 0 Å².